The van der Waals surface area contributed by atoms with Crippen molar-refractivity contribution in [3.8, 4) is 0 Å². The van der Waals surface area contributed by atoms with E-state index in [0.717, 1.165) is 12.8 Å². The Bertz CT molecular complexity index is 229. The minimum atomic E-state index is -0.149. The summed E-state index contributed by atoms with van der Waals surface area (Å²) in [6.45, 7) is 4.33. The Labute approximate surface area is 119 Å². The van der Waals surface area contributed by atoms with Crippen molar-refractivity contribution in [1.29, 1.82) is 0 Å². The summed E-state index contributed by atoms with van der Waals surface area (Å²) in [6.07, 6.45) is 11.3. The van der Waals surface area contributed by atoms with Gasteiger partial charge in [-0.2, -0.15) is 0 Å². The summed E-state index contributed by atoms with van der Waals surface area (Å²) in [5.74, 6) is -0.153. The van der Waals surface area contributed by atoms with Crippen LogP contribution in [0.15, 0.2) is 0 Å². The van der Waals surface area contributed by atoms with E-state index < -0.39 is 0 Å². The second-order valence-electron chi connectivity index (χ2n) is 5.98. The minimum Gasteiger partial charge on any atom is -0.369 e. The number of carbonyl (C=O) groups is 1. The van der Waals surface area contributed by atoms with Crippen LogP contribution in [0.2, 0.25) is 0 Å². The van der Waals surface area contributed by atoms with E-state index in [9.17, 15) is 4.79 Å². The van der Waals surface area contributed by atoms with Crippen molar-refractivity contribution in [2.24, 2.45) is 11.7 Å². The first-order chi connectivity index (χ1) is 9.00. The maximum atomic E-state index is 11.5. The van der Waals surface area contributed by atoms with Gasteiger partial charge >= 0.3 is 0 Å². The third kappa shape index (κ3) is 9.04. The van der Waals surface area contributed by atoms with Crippen LogP contribution >= 0.6 is 0 Å². The first-order valence-electron chi connectivity index (χ1n) is 7.96. The van der Waals surface area contributed by atoms with Crippen LogP contribution < -0.4 is 5.73 Å². The van der Waals surface area contributed by atoms with Crippen molar-refractivity contribution in [2.45, 2.75) is 77.7 Å². The number of nitrogens with zero attached hydrogens (tertiary/aromatic N) is 1. The lowest BCUT2D eigenvalue weighted by Crippen LogP contribution is -2.40. The number of nitrogens with two attached hydrogens (primary N) is 1. The zero-order chi connectivity index (χ0) is 14.7. The molecule has 0 aromatic carbocycles. The average Bonchev–Trinajstić information content (AvgIpc) is 2.35. The lowest BCUT2D eigenvalue weighted by atomic mass is 9.92. The van der Waals surface area contributed by atoms with Gasteiger partial charge in [-0.3, -0.25) is 4.79 Å². The van der Waals surface area contributed by atoms with Gasteiger partial charge in [-0.25, -0.2) is 0 Å². The molecule has 1 amide bonds. The van der Waals surface area contributed by atoms with Gasteiger partial charge in [0.15, 0.2) is 0 Å². The second kappa shape index (κ2) is 11.3. The number of carbonyl (C=O) groups excluding carboxylic acids is 1. The molecule has 0 aliphatic rings. The van der Waals surface area contributed by atoms with Gasteiger partial charge in [0.2, 0.25) is 5.91 Å². The normalized spacial score (nSPS) is 14.6. The van der Waals surface area contributed by atoms with Crippen LogP contribution in [-0.2, 0) is 4.79 Å². The highest BCUT2D eigenvalue weighted by atomic mass is 16.1. The van der Waals surface area contributed by atoms with Gasteiger partial charge in [-0.15, -0.1) is 0 Å². The van der Waals surface area contributed by atoms with Crippen LogP contribution in [0, 0.1) is 5.92 Å². The molecular weight excluding hydrogens is 236 g/mol. The number of primary amides is 1. The van der Waals surface area contributed by atoms with Crippen LogP contribution in [0.3, 0.4) is 0 Å². The molecule has 0 rings (SSSR count). The number of hydrogen-bond acceptors (Lipinski definition) is 2. The van der Waals surface area contributed by atoms with E-state index in [4.69, 9.17) is 5.73 Å². The summed E-state index contributed by atoms with van der Waals surface area (Å²) in [7, 11) is 4.02. The van der Waals surface area contributed by atoms with Gasteiger partial charge in [0, 0.05) is 6.04 Å². The summed E-state index contributed by atoms with van der Waals surface area (Å²) >= 11 is 0. The van der Waals surface area contributed by atoms with Gasteiger partial charge in [0.1, 0.15) is 0 Å². The highest BCUT2D eigenvalue weighted by molar-refractivity contribution is 5.77. The third-order valence-corrected chi connectivity index (χ3v) is 4.13. The molecule has 19 heavy (non-hydrogen) atoms. The molecule has 114 valence electrons. The monoisotopic (exact) mass is 270 g/mol. The van der Waals surface area contributed by atoms with Crippen LogP contribution in [0.25, 0.3) is 0 Å². The number of amides is 1. The first kappa shape index (κ1) is 18.4. The molecule has 0 saturated heterocycles. The fourth-order valence-corrected chi connectivity index (χ4v) is 2.48. The van der Waals surface area contributed by atoms with Crippen molar-refractivity contribution in [3.05, 3.63) is 0 Å². The predicted molar refractivity (Wildman–Crippen MR) is 83.1 cm³/mol. The zero-order valence-electron chi connectivity index (χ0n) is 13.5. The number of hydrogen-bond donors (Lipinski definition) is 1. The smallest absolute Gasteiger partial charge is 0.222 e. The molecule has 0 aliphatic heterocycles. The number of unbranched alkanes of at least 4 members (excludes halogenated alkanes) is 7. The molecule has 2 N–H and O–H groups in total. The zero-order valence-corrected chi connectivity index (χ0v) is 13.5. The Morgan fingerprint density at radius 1 is 1.00 bits per heavy atom. The topological polar surface area (TPSA) is 46.3 Å². The average molecular weight is 270 g/mol. The van der Waals surface area contributed by atoms with Gasteiger partial charge in [-0.1, -0.05) is 58.3 Å². The Hall–Kier alpha value is -0.570. The van der Waals surface area contributed by atoms with Gasteiger partial charge in [0.05, 0.1) is 5.92 Å². The Balaban J connectivity index is 3.68. The van der Waals surface area contributed by atoms with E-state index in [0.29, 0.717) is 0 Å². The molecule has 0 spiro atoms. The molecule has 0 aliphatic carbocycles. The maximum Gasteiger partial charge on any atom is 0.222 e. The first-order valence-corrected chi connectivity index (χ1v) is 7.96. The predicted octanol–water partition coefficient (Wildman–Crippen LogP) is 3.57. The van der Waals surface area contributed by atoms with Crippen LogP contribution in [0.5, 0.6) is 0 Å². The fraction of sp³-hybridized carbons (Fsp3) is 0.938. The molecule has 0 fully saturated rings. The summed E-state index contributed by atoms with van der Waals surface area (Å²) in [6, 6.07) is 0.238. The molecule has 3 nitrogen and oxygen atoms in total. The van der Waals surface area contributed by atoms with Crippen LogP contribution in [-0.4, -0.2) is 30.9 Å². The van der Waals surface area contributed by atoms with Crippen molar-refractivity contribution >= 4 is 5.91 Å². The molecule has 3 heteroatoms. The fourth-order valence-electron chi connectivity index (χ4n) is 2.48. The third-order valence-electron chi connectivity index (χ3n) is 4.13. The van der Waals surface area contributed by atoms with E-state index >= 15 is 0 Å². The van der Waals surface area contributed by atoms with E-state index in [1.165, 1.54) is 44.9 Å². The molecule has 0 aromatic heterocycles. The maximum absolute atomic E-state index is 11.5. The molecule has 0 heterocycles. The largest absolute Gasteiger partial charge is 0.369 e. The van der Waals surface area contributed by atoms with E-state index in [-0.39, 0.29) is 17.9 Å². The van der Waals surface area contributed by atoms with E-state index in [1.807, 2.05) is 14.1 Å². The Morgan fingerprint density at radius 3 is 1.89 bits per heavy atom. The van der Waals surface area contributed by atoms with Gasteiger partial charge in [0.25, 0.3) is 0 Å². The molecule has 0 saturated carbocycles. The molecule has 0 radical (unpaired) electrons. The van der Waals surface area contributed by atoms with Crippen LogP contribution in [0.4, 0.5) is 0 Å². The van der Waals surface area contributed by atoms with Crippen LogP contribution in [0.1, 0.15) is 71.6 Å². The Morgan fingerprint density at radius 2 is 1.47 bits per heavy atom. The summed E-state index contributed by atoms with van der Waals surface area (Å²) < 4.78 is 0. The lowest BCUT2D eigenvalue weighted by Gasteiger charge is -2.27. The summed E-state index contributed by atoms with van der Waals surface area (Å²) in [5.41, 5.74) is 5.51. The minimum absolute atomic E-state index is 0.00455. The van der Waals surface area contributed by atoms with Crippen molar-refractivity contribution in [2.75, 3.05) is 14.1 Å². The standard InChI is InChI=1S/C16H34N2O/c1-5-6-7-8-9-10-11-12-13-15(16(17)19)14(2)18(3)4/h14-15H,5-13H2,1-4H3,(H2,17,19). The Kier molecular flexibility index (Phi) is 10.9. The second-order valence-corrected chi connectivity index (χ2v) is 5.98. The number of rotatable bonds is 12. The highest BCUT2D eigenvalue weighted by Crippen LogP contribution is 2.18. The van der Waals surface area contributed by atoms with Gasteiger partial charge < -0.3 is 10.6 Å². The van der Waals surface area contributed by atoms with E-state index in [2.05, 4.69) is 18.7 Å². The molecule has 2 unspecified atom stereocenters. The molecule has 0 aromatic rings. The lowest BCUT2D eigenvalue weighted by molar-refractivity contribution is -0.123. The van der Waals surface area contributed by atoms with Crippen molar-refractivity contribution < 1.29 is 4.79 Å². The van der Waals surface area contributed by atoms with E-state index in [1.54, 1.807) is 0 Å². The highest BCUT2D eigenvalue weighted by Gasteiger charge is 2.23. The van der Waals surface area contributed by atoms with Gasteiger partial charge in [-0.05, 0) is 27.4 Å². The molecular formula is C16H34N2O. The molecule has 2 atom stereocenters. The SMILES string of the molecule is CCCCCCCCCCC(C(N)=O)C(C)N(C)C. The molecule has 0 bridgehead atoms. The summed E-state index contributed by atoms with van der Waals surface area (Å²) in [4.78, 5) is 13.6. The summed E-state index contributed by atoms with van der Waals surface area (Å²) in [5, 5.41) is 0. The quantitative estimate of drug-likeness (QED) is 0.551. The van der Waals surface area contributed by atoms with Crippen molar-refractivity contribution in [1.82, 2.24) is 4.90 Å². The van der Waals surface area contributed by atoms with Crippen molar-refractivity contribution in [3.63, 3.8) is 0 Å².